The molecule has 0 unspecified atom stereocenters. The number of nitrogens with one attached hydrogen (secondary N) is 1. The SMILES string of the molecule is CCc1ccccc1NC(=O)CSCc1csc(-c2ccc(OC)cc2)n1. The molecule has 0 spiro atoms. The van der Waals surface area contributed by atoms with Gasteiger partial charge in [-0.1, -0.05) is 25.1 Å². The lowest BCUT2D eigenvalue weighted by atomic mass is 10.1. The van der Waals surface area contributed by atoms with Crippen molar-refractivity contribution in [3.8, 4) is 16.3 Å². The summed E-state index contributed by atoms with van der Waals surface area (Å²) in [5.74, 6) is 1.98. The van der Waals surface area contributed by atoms with Gasteiger partial charge in [-0.3, -0.25) is 4.79 Å². The van der Waals surface area contributed by atoms with Crippen molar-refractivity contribution in [1.29, 1.82) is 0 Å². The summed E-state index contributed by atoms with van der Waals surface area (Å²) >= 11 is 3.19. The van der Waals surface area contributed by atoms with Gasteiger partial charge in [-0.05, 0) is 42.3 Å². The van der Waals surface area contributed by atoms with Crippen molar-refractivity contribution in [2.24, 2.45) is 0 Å². The Morgan fingerprint density at radius 2 is 1.96 bits per heavy atom. The van der Waals surface area contributed by atoms with Crippen LogP contribution < -0.4 is 10.1 Å². The highest BCUT2D eigenvalue weighted by Crippen LogP contribution is 2.27. The topological polar surface area (TPSA) is 51.2 Å². The summed E-state index contributed by atoms with van der Waals surface area (Å²) in [5.41, 5.74) is 4.13. The average Bonchev–Trinajstić information content (AvgIpc) is 3.17. The molecule has 6 heteroatoms. The van der Waals surface area contributed by atoms with Crippen LogP contribution in [0.1, 0.15) is 18.2 Å². The zero-order valence-electron chi connectivity index (χ0n) is 15.4. The van der Waals surface area contributed by atoms with E-state index in [1.165, 1.54) is 0 Å². The molecule has 0 atom stereocenters. The van der Waals surface area contributed by atoms with Gasteiger partial charge >= 0.3 is 0 Å². The highest BCUT2D eigenvalue weighted by Gasteiger charge is 2.08. The molecule has 1 amide bonds. The summed E-state index contributed by atoms with van der Waals surface area (Å²) in [6.07, 6.45) is 0.899. The maximum atomic E-state index is 12.2. The molecule has 0 radical (unpaired) electrons. The summed E-state index contributed by atoms with van der Waals surface area (Å²) in [6, 6.07) is 15.8. The second-order valence-corrected chi connectivity index (χ2v) is 7.77. The predicted molar refractivity (Wildman–Crippen MR) is 115 cm³/mol. The van der Waals surface area contributed by atoms with E-state index in [4.69, 9.17) is 4.74 Å². The Morgan fingerprint density at radius 3 is 2.70 bits per heavy atom. The lowest BCUT2D eigenvalue weighted by Crippen LogP contribution is -2.15. The zero-order valence-corrected chi connectivity index (χ0v) is 17.0. The lowest BCUT2D eigenvalue weighted by molar-refractivity contribution is -0.113. The predicted octanol–water partition coefficient (Wildman–Crippen LogP) is 5.25. The third-order valence-corrected chi connectivity index (χ3v) is 5.95. The number of thiazole rings is 1. The summed E-state index contributed by atoms with van der Waals surface area (Å²) < 4.78 is 5.18. The van der Waals surface area contributed by atoms with E-state index in [-0.39, 0.29) is 5.91 Å². The molecular formula is C21H22N2O2S2. The molecular weight excluding hydrogens is 376 g/mol. The Morgan fingerprint density at radius 1 is 1.19 bits per heavy atom. The second-order valence-electron chi connectivity index (χ2n) is 5.92. The third-order valence-electron chi connectivity index (χ3n) is 4.04. The number of carbonyl (C=O) groups is 1. The number of hydrogen-bond acceptors (Lipinski definition) is 5. The van der Waals surface area contributed by atoms with E-state index in [2.05, 4.69) is 22.6 Å². The van der Waals surface area contributed by atoms with Gasteiger partial charge in [0.05, 0.1) is 18.6 Å². The number of anilines is 1. The second kappa shape index (κ2) is 9.58. The molecule has 3 rings (SSSR count). The smallest absolute Gasteiger partial charge is 0.234 e. The first-order valence-corrected chi connectivity index (χ1v) is 10.8. The van der Waals surface area contributed by atoms with E-state index in [1.807, 2.05) is 48.5 Å². The minimum atomic E-state index is 0.0199. The van der Waals surface area contributed by atoms with Gasteiger partial charge < -0.3 is 10.1 Å². The molecule has 0 saturated carbocycles. The fourth-order valence-electron chi connectivity index (χ4n) is 2.62. The first-order valence-electron chi connectivity index (χ1n) is 8.74. The number of aryl methyl sites for hydroxylation is 1. The van der Waals surface area contributed by atoms with E-state index in [0.29, 0.717) is 5.75 Å². The van der Waals surface area contributed by atoms with Crippen LogP contribution in [0.25, 0.3) is 10.6 Å². The molecule has 27 heavy (non-hydrogen) atoms. The van der Waals surface area contributed by atoms with Crippen LogP contribution in [0.2, 0.25) is 0 Å². The van der Waals surface area contributed by atoms with E-state index in [1.54, 1.807) is 30.2 Å². The van der Waals surface area contributed by atoms with Crippen LogP contribution in [0.15, 0.2) is 53.9 Å². The number of benzene rings is 2. The van der Waals surface area contributed by atoms with Crippen LogP contribution in [0.4, 0.5) is 5.69 Å². The highest BCUT2D eigenvalue weighted by molar-refractivity contribution is 7.99. The maximum Gasteiger partial charge on any atom is 0.234 e. The Bertz CT molecular complexity index is 891. The number of ether oxygens (including phenoxy) is 1. The molecule has 0 aliphatic carbocycles. The fraction of sp³-hybridized carbons (Fsp3) is 0.238. The van der Waals surface area contributed by atoms with Crippen molar-refractivity contribution in [2.75, 3.05) is 18.2 Å². The fourth-order valence-corrected chi connectivity index (χ4v) is 4.27. The molecule has 1 N–H and O–H groups in total. The van der Waals surface area contributed by atoms with Crippen molar-refractivity contribution in [1.82, 2.24) is 4.98 Å². The molecule has 3 aromatic rings. The molecule has 2 aromatic carbocycles. The number of aromatic nitrogens is 1. The Kier molecular flexibility index (Phi) is 6.90. The van der Waals surface area contributed by atoms with Gasteiger partial charge in [0.25, 0.3) is 0 Å². The molecule has 4 nitrogen and oxygen atoms in total. The largest absolute Gasteiger partial charge is 0.497 e. The summed E-state index contributed by atoms with van der Waals surface area (Å²) in [4.78, 5) is 16.9. The zero-order chi connectivity index (χ0) is 19.1. The minimum Gasteiger partial charge on any atom is -0.497 e. The molecule has 0 aliphatic rings. The van der Waals surface area contributed by atoms with Gasteiger partial charge in [0.15, 0.2) is 0 Å². The lowest BCUT2D eigenvalue weighted by Gasteiger charge is -2.09. The van der Waals surface area contributed by atoms with Crippen molar-refractivity contribution in [3.63, 3.8) is 0 Å². The van der Waals surface area contributed by atoms with E-state index < -0.39 is 0 Å². The summed E-state index contributed by atoms with van der Waals surface area (Å²) in [5, 5.41) is 6.03. The van der Waals surface area contributed by atoms with Crippen LogP contribution in [0, 0.1) is 0 Å². The van der Waals surface area contributed by atoms with Gasteiger partial charge in [0.1, 0.15) is 10.8 Å². The quantitative estimate of drug-likeness (QED) is 0.563. The Hall–Kier alpha value is -2.31. The number of para-hydroxylation sites is 1. The number of hydrogen-bond donors (Lipinski definition) is 1. The molecule has 0 fully saturated rings. The van der Waals surface area contributed by atoms with Crippen molar-refractivity contribution < 1.29 is 9.53 Å². The Labute approximate surface area is 168 Å². The number of rotatable bonds is 8. The van der Waals surface area contributed by atoms with E-state index in [9.17, 15) is 4.79 Å². The van der Waals surface area contributed by atoms with E-state index >= 15 is 0 Å². The van der Waals surface area contributed by atoms with Gasteiger partial charge in [-0.25, -0.2) is 4.98 Å². The molecule has 1 heterocycles. The van der Waals surface area contributed by atoms with Crippen LogP contribution in [-0.2, 0) is 17.0 Å². The van der Waals surface area contributed by atoms with E-state index in [0.717, 1.165) is 45.4 Å². The van der Waals surface area contributed by atoms with Gasteiger partial charge in [-0.2, -0.15) is 0 Å². The minimum absolute atomic E-state index is 0.0199. The molecule has 0 bridgehead atoms. The normalized spacial score (nSPS) is 10.6. The number of thioether (sulfide) groups is 1. The van der Waals surface area contributed by atoms with Crippen LogP contribution >= 0.6 is 23.1 Å². The monoisotopic (exact) mass is 398 g/mol. The first-order chi connectivity index (χ1) is 13.2. The van der Waals surface area contributed by atoms with Gasteiger partial charge in [0, 0.05) is 22.4 Å². The molecule has 0 aliphatic heterocycles. The molecule has 1 aromatic heterocycles. The maximum absolute atomic E-state index is 12.2. The number of methoxy groups -OCH3 is 1. The van der Waals surface area contributed by atoms with Crippen molar-refractivity contribution >= 4 is 34.7 Å². The molecule has 140 valence electrons. The van der Waals surface area contributed by atoms with Crippen LogP contribution in [0.5, 0.6) is 5.75 Å². The van der Waals surface area contributed by atoms with Crippen LogP contribution in [-0.4, -0.2) is 23.8 Å². The standard InChI is InChI=1S/C21H22N2O2S2/c1-3-15-6-4-5-7-19(15)23-20(24)14-26-12-17-13-27-21(22-17)16-8-10-18(25-2)11-9-16/h4-11,13H,3,12,14H2,1-2H3,(H,23,24). The number of amides is 1. The van der Waals surface area contributed by atoms with Crippen LogP contribution in [0.3, 0.4) is 0 Å². The number of carbonyl (C=O) groups excluding carboxylic acids is 1. The van der Waals surface area contributed by atoms with Gasteiger partial charge in [-0.15, -0.1) is 23.1 Å². The van der Waals surface area contributed by atoms with Gasteiger partial charge in [0.2, 0.25) is 5.91 Å². The van der Waals surface area contributed by atoms with Crippen molar-refractivity contribution in [3.05, 3.63) is 65.2 Å². The average molecular weight is 399 g/mol. The first kappa shape index (κ1) is 19.5. The summed E-state index contributed by atoms with van der Waals surface area (Å²) in [6.45, 7) is 2.09. The summed E-state index contributed by atoms with van der Waals surface area (Å²) in [7, 11) is 1.66. The third kappa shape index (κ3) is 5.34. The molecule has 0 saturated heterocycles. The Balaban J connectivity index is 1.50. The highest BCUT2D eigenvalue weighted by atomic mass is 32.2. The van der Waals surface area contributed by atoms with Crippen molar-refractivity contribution in [2.45, 2.75) is 19.1 Å². The number of nitrogens with zero attached hydrogens (tertiary/aromatic N) is 1.